The number of rotatable bonds is 6. The zero-order valence-electron chi connectivity index (χ0n) is 24.0. The molecule has 7 aromatic rings. The molecule has 2 heteroatoms. The van der Waals surface area contributed by atoms with Gasteiger partial charge in [0.15, 0.2) is 0 Å². The minimum atomic E-state index is 1.00. The third kappa shape index (κ3) is 4.97. The Morgan fingerprint density at radius 2 is 1.07 bits per heavy atom. The van der Waals surface area contributed by atoms with E-state index in [9.17, 15) is 0 Å². The lowest BCUT2D eigenvalue weighted by Gasteiger charge is -2.10. The molecule has 7 rings (SSSR count). The summed E-state index contributed by atoms with van der Waals surface area (Å²) < 4.78 is 0. The van der Waals surface area contributed by atoms with E-state index in [2.05, 4.69) is 134 Å². The Balaban J connectivity index is 1.14. The molecule has 0 radical (unpaired) electrons. The molecule has 2 aromatic heterocycles. The molecular formula is C40H32N2. The molecular weight excluding hydrogens is 508 g/mol. The van der Waals surface area contributed by atoms with Crippen LogP contribution < -0.4 is 0 Å². The van der Waals surface area contributed by atoms with Crippen LogP contribution in [-0.2, 0) is 12.8 Å². The van der Waals surface area contributed by atoms with Crippen LogP contribution >= 0.6 is 0 Å². The van der Waals surface area contributed by atoms with Gasteiger partial charge in [0, 0.05) is 34.3 Å². The highest BCUT2D eigenvalue weighted by atomic mass is 14.7. The third-order valence-electron chi connectivity index (χ3n) is 8.27. The van der Waals surface area contributed by atoms with Gasteiger partial charge in [-0.3, -0.25) is 9.97 Å². The summed E-state index contributed by atoms with van der Waals surface area (Å²) in [4.78, 5) is 9.48. The van der Waals surface area contributed by atoms with Crippen molar-refractivity contribution in [3.63, 3.8) is 0 Å². The molecule has 0 saturated heterocycles. The van der Waals surface area contributed by atoms with Crippen LogP contribution in [0.3, 0.4) is 0 Å². The highest BCUT2D eigenvalue weighted by molar-refractivity contribution is 5.94. The van der Waals surface area contributed by atoms with Gasteiger partial charge in [-0.25, -0.2) is 0 Å². The van der Waals surface area contributed by atoms with Crippen molar-refractivity contribution in [3.05, 3.63) is 145 Å². The minimum absolute atomic E-state index is 1.00. The third-order valence-corrected chi connectivity index (χ3v) is 8.27. The van der Waals surface area contributed by atoms with E-state index in [4.69, 9.17) is 4.98 Å². The summed E-state index contributed by atoms with van der Waals surface area (Å²) in [5, 5.41) is 2.29. The molecule has 0 bridgehead atoms. The number of pyridine rings is 2. The van der Waals surface area contributed by atoms with Gasteiger partial charge in [-0.05, 0) is 75.5 Å². The van der Waals surface area contributed by atoms with Gasteiger partial charge in [0.1, 0.15) is 0 Å². The van der Waals surface area contributed by atoms with Gasteiger partial charge in [0.2, 0.25) is 0 Å². The van der Waals surface area contributed by atoms with Crippen molar-refractivity contribution in [1.82, 2.24) is 9.97 Å². The largest absolute Gasteiger partial charge is 0.256 e. The van der Waals surface area contributed by atoms with E-state index < -0.39 is 0 Å². The normalized spacial score (nSPS) is 11.3. The molecule has 0 saturated carbocycles. The van der Waals surface area contributed by atoms with Gasteiger partial charge in [0.05, 0.1) is 11.0 Å². The fourth-order valence-electron chi connectivity index (χ4n) is 5.83. The Morgan fingerprint density at radius 1 is 0.452 bits per heavy atom. The second kappa shape index (κ2) is 11.1. The van der Waals surface area contributed by atoms with Crippen LogP contribution in [0.1, 0.15) is 25.0 Å². The molecule has 42 heavy (non-hydrogen) atoms. The summed E-state index contributed by atoms with van der Waals surface area (Å²) in [5.74, 6) is 0. The Kier molecular flexibility index (Phi) is 6.81. The van der Waals surface area contributed by atoms with Gasteiger partial charge in [-0.15, -0.1) is 0 Å². The molecule has 2 heterocycles. The smallest absolute Gasteiger partial charge is 0.0780 e. The van der Waals surface area contributed by atoms with Crippen LogP contribution in [0.2, 0.25) is 0 Å². The van der Waals surface area contributed by atoms with Crippen LogP contribution in [0.5, 0.6) is 0 Å². The SMILES string of the molecule is CCc1cc(CC)cc(-c2ccc(-c3ccc4cc(-c5ccc(-c6cccc7cccnc67)cc5)cnc4c3)cc2)c1. The number of hydrogen-bond acceptors (Lipinski definition) is 2. The highest BCUT2D eigenvalue weighted by Gasteiger charge is 2.08. The first kappa shape index (κ1) is 25.9. The van der Waals surface area contributed by atoms with Crippen LogP contribution in [0.4, 0.5) is 0 Å². The van der Waals surface area contributed by atoms with E-state index in [0.29, 0.717) is 0 Å². The number of nitrogens with zero attached hydrogens (tertiary/aromatic N) is 2. The number of para-hydroxylation sites is 1. The van der Waals surface area contributed by atoms with Crippen molar-refractivity contribution in [3.8, 4) is 44.5 Å². The van der Waals surface area contributed by atoms with Gasteiger partial charge in [-0.1, -0.05) is 117 Å². The van der Waals surface area contributed by atoms with E-state index in [1.54, 1.807) is 0 Å². The lowest BCUT2D eigenvalue weighted by Crippen LogP contribution is -1.89. The first-order valence-corrected chi connectivity index (χ1v) is 14.8. The number of fused-ring (bicyclic) bond motifs is 2. The topological polar surface area (TPSA) is 25.8 Å². The average molecular weight is 541 g/mol. The first-order chi connectivity index (χ1) is 20.7. The average Bonchev–Trinajstić information content (AvgIpc) is 3.07. The molecule has 5 aromatic carbocycles. The number of aromatic nitrogens is 2. The summed E-state index contributed by atoms with van der Waals surface area (Å²) in [6, 6.07) is 43.8. The van der Waals surface area contributed by atoms with Gasteiger partial charge in [-0.2, -0.15) is 0 Å². The van der Waals surface area contributed by atoms with Crippen molar-refractivity contribution in [2.45, 2.75) is 26.7 Å². The summed E-state index contributed by atoms with van der Waals surface area (Å²) in [5.41, 5.74) is 14.3. The molecule has 0 spiro atoms. The van der Waals surface area contributed by atoms with Crippen molar-refractivity contribution in [1.29, 1.82) is 0 Å². The number of benzene rings is 5. The fourth-order valence-corrected chi connectivity index (χ4v) is 5.83. The van der Waals surface area contributed by atoms with Gasteiger partial charge in [0.25, 0.3) is 0 Å². The molecule has 2 nitrogen and oxygen atoms in total. The molecule has 0 aliphatic heterocycles. The van der Waals surface area contributed by atoms with Gasteiger partial charge < -0.3 is 0 Å². The van der Waals surface area contributed by atoms with Crippen LogP contribution in [0.15, 0.2) is 134 Å². The highest BCUT2D eigenvalue weighted by Crippen LogP contribution is 2.32. The van der Waals surface area contributed by atoms with E-state index in [1.807, 2.05) is 18.5 Å². The van der Waals surface area contributed by atoms with Crippen LogP contribution in [0, 0.1) is 0 Å². The van der Waals surface area contributed by atoms with E-state index >= 15 is 0 Å². The molecule has 0 unspecified atom stereocenters. The Hall–Kier alpha value is -5.08. The van der Waals surface area contributed by atoms with Gasteiger partial charge >= 0.3 is 0 Å². The summed E-state index contributed by atoms with van der Waals surface area (Å²) >= 11 is 0. The lowest BCUT2D eigenvalue weighted by molar-refractivity contribution is 1.09. The second-order valence-electron chi connectivity index (χ2n) is 10.9. The molecule has 0 fully saturated rings. The molecule has 0 N–H and O–H groups in total. The predicted molar refractivity (Wildman–Crippen MR) is 178 cm³/mol. The second-order valence-corrected chi connectivity index (χ2v) is 10.9. The van der Waals surface area contributed by atoms with E-state index in [1.165, 1.54) is 33.4 Å². The zero-order chi connectivity index (χ0) is 28.5. The Labute approximate surface area is 247 Å². The predicted octanol–water partition coefficient (Wildman–Crippen LogP) is 10.6. The number of hydrogen-bond donors (Lipinski definition) is 0. The minimum Gasteiger partial charge on any atom is -0.256 e. The maximum Gasteiger partial charge on any atom is 0.0780 e. The standard InChI is InChI=1S/C40H32N2/c1-3-27-21-28(4-2)23-36(22-27)30-12-10-29(11-13-30)34-18-19-35-24-37(26-42-39(35)25-34)31-14-16-32(17-15-31)38-9-5-7-33-8-6-20-41-40(33)38/h5-26H,3-4H2,1-2H3. The fraction of sp³-hybridized carbons (Fsp3) is 0.100. The monoisotopic (exact) mass is 540 g/mol. The maximum atomic E-state index is 4.86. The zero-order valence-corrected chi connectivity index (χ0v) is 24.0. The van der Waals surface area contributed by atoms with E-state index in [-0.39, 0.29) is 0 Å². The molecule has 202 valence electrons. The molecule has 0 atom stereocenters. The Morgan fingerprint density at radius 3 is 1.79 bits per heavy atom. The molecule has 0 aliphatic carbocycles. The quantitative estimate of drug-likeness (QED) is 0.210. The lowest BCUT2D eigenvalue weighted by atomic mass is 9.95. The summed E-state index contributed by atoms with van der Waals surface area (Å²) in [7, 11) is 0. The summed E-state index contributed by atoms with van der Waals surface area (Å²) in [6.07, 6.45) is 5.95. The Bertz CT molecular complexity index is 2010. The van der Waals surface area contributed by atoms with Crippen molar-refractivity contribution >= 4 is 21.8 Å². The van der Waals surface area contributed by atoms with Crippen molar-refractivity contribution < 1.29 is 0 Å². The molecule has 0 aliphatic rings. The first-order valence-electron chi connectivity index (χ1n) is 14.8. The maximum absolute atomic E-state index is 4.86. The van der Waals surface area contributed by atoms with Crippen molar-refractivity contribution in [2.24, 2.45) is 0 Å². The van der Waals surface area contributed by atoms with Crippen LogP contribution in [-0.4, -0.2) is 9.97 Å². The molecule has 0 amide bonds. The van der Waals surface area contributed by atoms with E-state index in [0.717, 1.165) is 56.9 Å². The van der Waals surface area contributed by atoms with Crippen molar-refractivity contribution in [2.75, 3.05) is 0 Å². The summed E-state index contributed by atoms with van der Waals surface area (Å²) in [6.45, 7) is 4.44. The number of aryl methyl sites for hydroxylation is 2. The van der Waals surface area contributed by atoms with Crippen LogP contribution in [0.25, 0.3) is 66.3 Å².